The highest BCUT2D eigenvalue weighted by molar-refractivity contribution is 7.22. The van der Waals surface area contributed by atoms with Gasteiger partial charge >= 0.3 is 0 Å². The summed E-state index contributed by atoms with van der Waals surface area (Å²) in [5.74, 6) is 3.06. The summed E-state index contributed by atoms with van der Waals surface area (Å²) in [6.07, 6.45) is 5.63. The van der Waals surface area contributed by atoms with E-state index in [1.807, 2.05) is 46.9 Å². The number of methoxy groups -OCH3 is 1. The van der Waals surface area contributed by atoms with Gasteiger partial charge in [-0.2, -0.15) is 10.1 Å². The van der Waals surface area contributed by atoms with Crippen LogP contribution in [-0.2, 0) is 7.05 Å². The van der Waals surface area contributed by atoms with Crippen LogP contribution < -0.4 is 10.1 Å². The van der Waals surface area contributed by atoms with E-state index in [2.05, 4.69) is 36.1 Å². The molecule has 0 radical (unpaired) electrons. The third-order valence-corrected chi connectivity index (χ3v) is 6.57. The fraction of sp³-hybridized carbons (Fsp3) is 0.261. The molecule has 0 aromatic carbocycles. The zero-order valence-electron chi connectivity index (χ0n) is 19.5. The molecular formula is C23H25ClN8OS. The van der Waals surface area contributed by atoms with Crippen LogP contribution in [0.4, 0.5) is 11.6 Å². The molecule has 5 rings (SSSR count). The van der Waals surface area contributed by atoms with Crippen LogP contribution in [0.1, 0.15) is 25.5 Å². The number of anilines is 2. The molecule has 0 fully saturated rings. The normalized spacial score (nSPS) is 11.1. The largest absolute Gasteiger partial charge is 0.481 e. The number of aryl methyl sites for hydroxylation is 2. The number of nitrogens with zero attached hydrogens (tertiary/aromatic N) is 7. The van der Waals surface area contributed by atoms with Crippen LogP contribution in [0.2, 0.25) is 0 Å². The molecular weight excluding hydrogens is 472 g/mol. The van der Waals surface area contributed by atoms with Gasteiger partial charge in [-0.1, -0.05) is 6.07 Å². The lowest BCUT2D eigenvalue weighted by molar-refractivity contribution is 0.398. The van der Waals surface area contributed by atoms with Gasteiger partial charge in [-0.05, 0) is 38.5 Å². The molecule has 176 valence electrons. The zero-order valence-corrected chi connectivity index (χ0v) is 21.1. The SMILES string of the molecule is COc1cccc(Nc2nc(-c3nccn3C)nc3sc(-c4ccn(C(C)C)n4)c(C)c23)n1.Cl. The Kier molecular flexibility index (Phi) is 6.54. The van der Waals surface area contributed by atoms with E-state index in [1.54, 1.807) is 30.7 Å². The van der Waals surface area contributed by atoms with Gasteiger partial charge in [0.25, 0.3) is 0 Å². The van der Waals surface area contributed by atoms with Gasteiger partial charge in [-0.25, -0.2) is 15.0 Å². The van der Waals surface area contributed by atoms with Gasteiger partial charge in [0.15, 0.2) is 11.6 Å². The second kappa shape index (κ2) is 9.40. The van der Waals surface area contributed by atoms with Crippen molar-refractivity contribution in [1.82, 2.24) is 34.3 Å². The van der Waals surface area contributed by atoms with Crippen LogP contribution >= 0.6 is 23.7 Å². The Hall–Kier alpha value is -3.50. The first-order valence-electron chi connectivity index (χ1n) is 10.6. The fourth-order valence-electron chi connectivity index (χ4n) is 3.62. The summed E-state index contributed by atoms with van der Waals surface area (Å²) in [5, 5.41) is 9.09. The molecule has 0 aliphatic rings. The number of aromatic nitrogens is 7. The van der Waals surface area contributed by atoms with Crippen molar-refractivity contribution in [3.05, 3.63) is 48.4 Å². The third kappa shape index (κ3) is 4.22. The molecule has 0 atom stereocenters. The Morgan fingerprint density at radius 3 is 2.59 bits per heavy atom. The van der Waals surface area contributed by atoms with Crippen LogP contribution in [-0.4, -0.2) is 41.4 Å². The molecule has 5 aromatic rings. The first-order chi connectivity index (χ1) is 15.9. The number of rotatable bonds is 6. The van der Waals surface area contributed by atoms with Gasteiger partial charge < -0.3 is 14.6 Å². The van der Waals surface area contributed by atoms with Crippen molar-refractivity contribution in [2.24, 2.45) is 7.05 Å². The van der Waals surface area contributed by atoms with E-state index in [0.29, 0.717) is 35.2 Å². The van der Waals surface area contributed by atoms with Gasteiger partial charge in [0, 0.05) is 37.7 Å². The summed E-state index contributed by atoms with van der Waals surface area (Å²) in [5.41, 5.74) is 1.99. The predicted molar refractivity (Wildman–Crippen MR) is 137 cm³/mol. The zero-order chi connectivity index (χ0) is 23.1. The highest BCUT2D eigenvalue weighted by Crippen LogP contribution is 2.41. The van der Waals surface area contributed by atoms with Crippen molar-refractivity contribution in [2.75, 3.05) is 12.4 Å². The molecule has 0 saturated carbocycles. The lowest BCUT2D eigenvalue weighted by Crippen LogP contribution is -2.03. The molecule has 0 bridgehead atoms. The smallest absolute Gasteiger partial charge is 0.214 e. The molecule has 34 heavy (non-hydrogen) atoms. The quantitative estimate of drug-likeness (QED) is 0.335. The minimum absolute atomic E-state index is 0. The van der Waals surface area contributed by atoms with Crippen molar-refractivity contribution in [1.29, 1.82) is 0 Å². The topological polar surface area (TPSA) is 95.6 Å². The molecule has 9 nitrogen and oxygen atoms in total. The van der Waals surface area contributed by atoms with Gasteiger partial charge in [0.1, 0.15) is 22.2 Å². The van der Waals surface area contributed by atoms with Crippen LogP contribution in [0.15, 0.2) is 42.9 Å². The summed E-state index contributed by atoms with van der Waals surface area (Å²) in [7, 11) is 3.52. The van der Waals surface area contributed by atoms with Crippen molar-refractivity contribution in [2.45, 2.75) is 26.8 Å². The molecule has 0 aliphatic heterocycles. The predicted octanol–water partition coefficient (Wildman–Crippen LogP) is 5.41. The number of halogens is 1. The molecule has 0 aliphatic carbocycles. The summed E-state index contributed by atoms with van der Waals surface area (Å²) in [6, 6.07) is 7.90. The molecule has 1 N–H and O–H groups in total. The van der Waals surface area contributed by atoms with Gasteiger partial charge in [-0.3, -0.25) is 4.68 Å². The molecule has 0 unspecified atom stereocenters. The van der Waals surface area contributed by atoms with E-state index in [9.17, 15) is 0 Å². The maximum atomic E-state index is 5.28. The van der Waals surface area contributed by atoms with E-state index >= 15 is 0 Å². The molecule has 0 spiro atoms. The number of thiophene rings is 1. The molecule has 5 aromatic heterocycles. The second-order valence-electron chi connectivity index (χ2n) is 7.96. The van der Waals surface area contributed by atoms with Crippen molar-refractivity contribution >= 4 is 45.6 Å². The Bertz CT molecular complexity index is 1450. The molecule has 11 heteroatoms. The number of nitrogens with one attached hydrogen (secondary N) is 1. The summed E-state index contributed by atoms with van der Waals surface area (Å²) in [6.45, 7) is 6.31. The van der Waals surface area contributed by atoms with Gasteiger partial charge in [0.05, 0.1) is 17.4 Å². The number of imidazole rings is 1. The molecule has 0 saturated heterocycles. The number of hydrogen-bond donors (Lipinski definition) is 1. The first-order valence-corrected chi connectivity index (χ1v) is 11.4. The standard InChI is InChI=1S/C23H24N8OS.ClH/c1-13(2)31-11-9-15(29-31)19-14(3)18-20(26-16-7-6-8-17(25-16)32-5)27-21(28-23(18)33-19)22-24-10-12-30(22)4;/h6-13H,1-5H3,(H,25,26,27,28);1H. The van der Waals surface area contributed by atoms with E-state index in [4.69, 9.17) is 19.8 Å². The van der Waals surface area contributed by atoms with E-state index < -0.39 is 0 Å². The Morgan fingerprint density at radius 1 is 1.09 bits per heavy atom. The number of fused-ring (bicyclic) bond motifs is 1. The summed E-state index contributed by atoms with van der Waals surface area (Å²) in [4.78, 5) is 20.6. The van der Waals surface area contributed by atoms with Crippen LogP contribution in [0.25, 0.3) is 32.4 Å². The minimum Gasteiger partial charge on any atom is -0.481 e. The maximum absolute atomic E-state index is 5.28. The Morgan fingerprint density at radius 2 is 1.91 bits per heavy atom. The van der Waals surface area contributed by atoms with Crippen LogP contribution in [0.5, 0.6) is 5.88 Å². The summed E-state index contributed by atoms with van der Waals surface area (Å²) < 4.78 is 9.14. The van der Waals surface area contributed by atoms with E-state index in [1.165, 1.54) is 0 Å². The number of pyridine rings is 1. The second-order valence-corrected chi connectivity index (χ2v) is 8.96. The Labute approximate surface area is 207 Å². The lowest BCUT2D eigenvalue weighted by atomic mass is 10.1. The average molecular weight is 497 g/mol. The van der Waals surface area contributed by atoms with Gasteiger partial charge in [-0.15, -0.1) is 23.7 Å². The molecule has 0 amide bonds. The highest BCUT2D eigenvalue weighted by Gasteiger charge is 2.21. The third-order valence-electron chi connectivity index (χ3n) is 5.36. The minimum atomic E-state index is 0. The van der Waals surface area contributed by atoms with Crippen molar-refractivity contribution in [3.63, 3.8) is 0 Å². The fourth-order valence-corrected chi connectivity index (χ4v) is 4.77. The van der Waals surface area contributed by atoms with Crippen LogP contribution in [0, 0.1) is 6.92 Å². The summed E-state index contributed by atoms with van der Waals surface area (Å²) >= 11 is 1.60. The van der Waals surface area contributed by atoms with Crippen molar-refractivity contribution in [3.8, 4) is 28.1 Å². The monoisotopic (exact) mass is 496 g/mol. The number of ether oxygens (including phenoxy) is 1. The highest BCUT2D eigenvalue weighted by atomic mass is 35.5. The lowest BCUT2D eigenvalue weighted by Gasteiger charge is -2.10. The van der Waals surface area contributed by atoms with Crippen LogP contribution in [0.3, 0.4) is 0 Å². The van der Waals surface area contributed by atoms with Crippen molar-refractivity contribution < 1.29 is 4.74 Å². The van der Waals surface area contributed by atoms with Gasteiger partial charge in [0.2, 0.25) is 5.88 Å². The molecule has 5 heterocycles. The van der Waals surface area contributed by atoms with E-state index in [0.717, 1.165) is 26.4 Å². The van der Waals surface area contributed by atoms with E-state index in [-0.39, 0.29) is 12.4 Å². The number of hydrogen-bond acceptors (Lipinski definition) is 8. The Balaban J connectivity index is 0.00000274. The maximum Gasteiger partial charge on any atom is 0.214 e. The first kappa shape index (κ1) is 23.7. The average Bonchev–Trinajstić information content (AvgIpc) is 3.52.